The molecule has 87 heavy (non-hydrogen) atoms. The maximum Gasteiger partial charge on any atom is 0.524 e. The van der Waals surface area contributed by atoms with E-state index in [4.69, 9.17) is 11.5 Å². The number of phosphoric ester groups is 1. The number of carboxylic acids is 1. The number of rotatable bonds is 18. The van der Waals surface area contributed by atoms with E-state index in [2.05, 4.69) is 57.7 Å². The molecule has 0 aromatic heterocycles. The average molecular weight is 1280 g/mol. The number of aromatic hydroxyl groups is 1. The molecule has 0 unspecified atom stereocenters. The molecule has 2 aromatic rings. The van der Waals surface area contributed by atoms with Gasteiger partial charge in [-0.2, -0.15) is 11.8 Å². The molecule has 9 atom stereocenters. The number of aliphatic carboxylic acids is 1. The van der Waals surface area contributed by atoms with Crippen molar-refractivity contribution in [2.45, 2.75) is 134 Å². The summed E-state index contributed by atoms with van der Waals surface area (Å²) in [7, 11) is -4.98. The summed E-state index contributed by atoms with van der Waals surface area (Å²) in [6.45, 7) is 6.92. The summed E-state index contributed by atoms with van der Waals surface area (Å²) in [5.74, 6) is -15.4. The van der Waals surface area contributed by atoms with Crippen LogP contribution in [0.15, 0.2) is 48.5 Å². The molecule has 1 fully saturated rings. The van der Waals surface area contributed by atoms with Crippen LogP contribution in [0.2, 0.25) is 0 Å². The number of phenolic OH excluding ortho intramolecular Hbond substituents is 1. The summed E-state index contributed by atoms with van der Waals surface area (Å²) in [5, 5.41) is 44.2. The first-order chi connectivity index (χ1) is 40.7. The lowest BCUT2D eigenvalue weighted by Crippen LogP contribution is -2.61. The zero-order chi connectivity index (χ0) is 65.3. The van der Waals surface area contributed by atoms with Crippen molar-refractivity contribution in [1.82, 2.24) is 53.2 Å². The van der Waals surface area contributed by atoms with E-state index in [-0.39, 0.29) is 60.2 Å². The zero-order valence-corrected chi connectivity index (χ0v) is 51.1. The summed E-state index contributed by atoms with van der Waals surface area (Å²) >= 11 is 2.08. The average Bonchev–Trinajstić information content (AvgIpc) is 2.98. The van der Waals surface area contributed by atoms with Crippen LogP contribution in [0.4, 0.5) is 0 Å². The Kier molecular flexibility index (Phi) is 30.0. The van der Waals surface area contributed by atoms with E-state index in [1.165, 1.54) is 81.1 Å². The number of phosphoric acid groups is 1. The largest absolute Gasteiger partial charge is 0.524 e. The minimum atomic E-state index is -4.98. The summed E-state index contributed by atoms with van der Waals surface area (Å²) in [4.78, 5) is 195. The molecule has 0 radical (unpaired) electrons. The molecule has 1 saturated heterocycles. The smallest absolute Gasteiger partial charge is 0.508 e. The second kappa shape index (κ2) is 35.6. The van der Waals surface area contributed by atoms with Gasteiger partial charge in [-0.1, -0.05) is 52.0 Å². The van der Waals surface area contributed by atoms with Gasteiger partial charge in [0.15, 0.2) is 0 Å². The predicted molar refractivity (Wildman–Crippen MR) is 315 cm³/mol. The van der Waals surface area contributed by atoms with Crippen LogP contribution in [0.25, 0.3) is 0 Å². The molecule has 0 bridgehead atoms. The molecule has 480 valence electrons. The number of nitrogens with one attached hydrogen (secondary N) is 10. The van der Waals surface area contributed by atoms with Gasteiger partial charge in [0.25, 0.3) is 0 Å². The van der Waals surface area contributed by atoms with E-state index >= 15 is 0 Å². The van der Waals surface area contributed by atoms with Gasteiger partial charge in [0, 0.05) is 25.0 Å². The van der Waals surface area contributed by atoms with Gasteiger partial charge in [-0.3, -0.25) is 72.1 Å². The molecule has 1 aliphatic rings. The number of benzene rings is 2. The van der Waals surface area contributed by atoms with Crippen molar-refractivity contribution < 1.29 is 91.4 Å². The van der Waals surface area contributed by atoms with Crippen molar-refractivity contribution in [2.75, 3.05) is 30.1 Å². The van der Waals surface area contributed by atoms with Gasteiger partial charge >= 0.3 is 13.8 Å². The first kappa shape index (κ1) is 73.3. The van der Waals surface area contributed by atoms with E-state index in [0.29, 0.717) is 5.56 Å². The molecule has 18 N–H and O–H groups in total. The van der Waals surface area contributed by atoms with E-state index in [1.54, 1.807) is 20.1 Å². The predicted octanol–water partition coefficient (Wildman–Crippen LogP) is -3.42. The fourth-order valence-corrected chi connectivity index (χ4v) is 10.0. The normalized spacial score (nSPS) is 23.6. The Labute approximate surface area is 509 Å². The quantitative estimate of drug-likeness (QED) is 0.0646. The van der Waals surface area contributed by atoms with Crippen LogP contribution < -0.4 is 69.2 Å². The zero-order valence-electron chi connectivity index (χ0n) is 48.6. The van der Waals surface area contributed by atoms with Crippen LogP contribution in [0, 0.1) is 11.8 Å². The number of amides is 12. The second-order valence-electron chi connectivity index (χ2n) is 21.0. The summed E-state index contributed by atoms with van der Waals surface area (Å²) in [6.07, 6.45) is -1.32. The number of carbonyl (C=O) groups excluding carboxylic acids is 12. The van der Waals surface area contributed by atoms with E-state index in [0.717, 1.165) is 11.8 Å². The summed E-state index contributed by atoms with van der Waals surface area (Å²) in [6, 6.07) is -3.53. The Hall–Kier alpha value is -8.00. The Morgan fingerprint density at radius 2 is 1.14 bits per heavy atom. The van der Waals surface area contributed by atoms with Crippen LogP contribution in [-0.4, -0.2) is 181 Å². The van der Waals surface area contributed by atoms with Crippen molar-refractivity contribution in [3.63, 3.8) is 0 Å². The monoisotopic (exact) mass is 1280 g/mol. The molecular weight excluding hydrogens is 1200 g/mol. The summed E-state index contributed by atoms with van der Waals surface area (Å²) in [5.41, 5.74) is 11.8. The first-order valence-corrected chi connectivity index (χ1v) is 31.3. The lowest BCUT2D eigenvalue weighted by atomic mass is 10.00. The van der Waals surface area contributed by atoms with Crippen molar-refractivity contribution in [2.24, 2.45) is 23.3 Å². The third-order valence-electron chi connectivity index (χ3n) is 12.8. The van der Waals surface area contributed by atoms with Gasteiger partial charge < -0.3 is 79.4 Å². The Bertz CT molecular complexity index is 2850. The highest BCUT2D eigenvalue weighted by molar-refractivity contribution is 8.00. The van der Waals surface area contributed by atoms with E-state index in [9.17, 15) is 86.9 Å². The number of hydrogen-bond acceptors (Lipinski definition) is 18. The topological polar surface area (TPSA) is 501 Å². The van der Waals surface area contributed by atoms with Gasteiger partial charge in [0.05, 0.1) is 18.7 Å². The van der Waals surface area contributed by atoms with E-state index in [1.807, 2.05) is 0 Å². The first-order valence-electron chi connectivity index (χ1n) is 27.2. The fourth-order valence-electron chi connectivity index (χ4n) is 8.28. The molecular formula is C53H77N12O19PS2. The highest BCUT2D eigenvalue weighted by Gasteiger charge is 2.36. The molecule has 2 aromatic carbocycles. The number of hydrogen-bond donors (Lipinski definition) is 16. The number of nitrogens with two attached hydrogens (primary N) is 2. The third-order valence-corrected chi connectivity index (χ3v) is 14.9. The van der Waals surface area contributed by atoms with Crippen LogP contribution in [-0.2, 0) is 79.7 Å². The molecule has 0 saturated carbocycles. The highest BCUT2D eigenvalue weighted by atomic mass is 32.2. The molecule has 34 heteroatoms. The van der Waals surface area contributed by atoms with Crippen LogP contribution in [0.3, 0.4) is 0 Å². The van der Waals surface area contributed by atoms with Crippen LogP contribution in [0.1, 0.15) is 77.8 Å². The lowest BCUT2D eigenvalue weighted by Gasteiger charge is -2.28. The lowest BCUT2D eigenvalue weighted by molar-refractivity contribution is -0.139. The Morgan fingerprint density at radius 3 is 1.66 bits per heavy atom. The molecule has 0 spiro atoms. The molecule has 0 aliphatic carbocycles. The fraction of sp³-hybridized carbons (Fsp3) is 0.528. The number of primary amides is 2. The second-order valence-corrected chi connectivity index (χ2v) is 24.1. The van der Waals surface area contributed by atoms with Gasteiger partial charge in [0.2, 0.25) is 70.9 Å². The molecule has 12 amide bonds. The molecule has 3 rings (SSSR count). The Balaban J connectivity index is 2.13. The number of carboxylic acid groups (broad SMARTS) is 1. The van der Waals surface area contributed by atoms with Crippen molar-refractivity contribution in [3.05, 3.63) is 59.7 Å². The molecule has 1 aliphatic heterocycles. The molecule has 1 heterocycles. The minimum Gasteiger partial charge on any atom is -0.508 e. The Morgan fingerprint density at radius 1 is 0.644 bits per heavy atom. The maximum absolute atomic E-state index is 14.3. The van der Waals surface area contributed by atoms with Gasteiger partial charge in [-0.05, 0) is 85.4 Å². The van der Waals surface area contributed by atoms with Crippen molar-refractivity contribution in [3.8, 4) is 11.5 Å². The number of thioether (sulfide) groups is 2. The number of phenols is 1. The van der Waals surface area contributed by atoms with Crippen molar-refractivity contribution in [1.29, 1.82) is 0 Å². The van der Waals surface area contributed by atoms with Gasteiger partial charge in [-0.15, -0.1) is 11.8 Å². The maximum atomic E-state index is 14.3. The van der Waals surface area contributed by atoms with E-state index < -0.39 is 177 Å². The number of carbonyl (C=O) groups is 13. The highest BCUT2D eigenvalue weighted by Crippen LogP contribution is 2.37. The van der Waals surface area contributed by atoms with Gasteiger partial charge in [0.1, 0.15) is 65.9 Å². The minimum absolute atomic E-state index is 0.0348. The van der Waals surface area contributed by atoms with Crippen LogP contribution >= 0.6 is 31.3 Å². The van der Waals surface area contributed by atoms with Crippen molar-refractivity contribution >= 4 is 108 Å². The van der Waals surface area contributed by atoms with Crippen LogP contribution in [0.5, 0.6) is 11.5 Å². The molecule has 31 nitrogen and oxygen atoms in total. The third kappa shape index (κ3) is 27.1. The standard InChI is InChI=1S/C53H77N12O19PS2/c1-26(2)19-35-49(76)62-36(20-29-7-11-31(66)12-8-29)50(77)59-33(15-16-43(70)71)47(74)63-38(22-40(54)67)52(79)65-44(27(3)4)53(80)56-23-41(68)58-34(17-18-86-6)48(75)61-37(21-30-9-13-32(14-10-30)84-85(81,82)83)51(78)64-39(45(55)72)24-87-25-42(69)57-28(5)46(73)60-35/h7-14,26-28,33-39,44,66H,15-25H2,1-6H3,(H2,54,67)(H2,55,72)(H,56,80)(H,57,69)(H,58,68)(H,59,77)(H,60,73)(H,61,75)(H,62,76)(H,63,74)(H,64,78)(H,65,79)(H,70,71)(H2,81,82,83)/t28-,33-,34-,35-,36-,37-,38-,39-,44-/m1/s1. The SMILES string of the molecule is CSCC[C@H]1NC(=O)CNC(=O)[C@@H](C(C)C)NC(=O)[C@@H](CC(N)=O)NC(=O)[C@@H](CCC(=O)O)NC(=O)[C@@H](Cc2ccc(O)cc2)NC(=O)[C@@H](CC(C)C)NC(=O)[C@@H](C)NC(=O)CSC[C@H](C(N)=O)NC(=O)[C@@H](Cc2ccc(OP(=O)(O)O)cc2)NC1=O. The van der Waals surface area contributed by atoms with Gasteiger partial charge in [-0.25, -0.2) is 4.57 Å². The summed E-state index contributed by atoms with van der Waals surface area (Å²) < 4.78 is 16.1.